The van der Waals surface area contributed by atoms with Crippen molar-refractivity contribution in [1.82, 2.24) is 15.4 Å². The van der Waals surface area contributed by atoms with Gasteiger partial charge in [-0.05, 0) is 49.7 Å². The molecule has 9 heteroatoms. The van der Waals surface area contributed by atoms with Crippen molar-refractivity contribution in [3.63, 3.8) is 0 Å². The molecule has 0 aromatic heterocycles. The van der Waals surface area contributed by atoms with E-state index in [1.165, 1.54) is 19.3 Å². The van der Waals surface area contributed by atoms with Crippen LogP contribution in [0.3, 0.4) is 0 Å². The summed E-state index contributed by atoms with van der Waals surface area (Å²) in [5.41, 5.74) is 2.03. The van der Waals surface area contributed by atoms with Crippen molar-refractivity contribution >= 4 is 40.0 Å². The Kier molecular flexibility index (Phi) is 11.6. The molecule has 0 spiro atoms. The van der Waals surface area contributed by atoms with Gasteiger partial charge in [0.1, 0.15) is 0 Å². The average Bonchev–Trinajstić information content (AvgIpc) is 2.62. The van der Waals surface area contributed by atoms with Gasteiger partial charge in [0.2, 0.25) is 10.0 Å². The van der Waals surface area contributed by atoms with Gasteiger partial charge >= 0.3 is 0 Å². The first-order chi connectivity index (χ1) is 13.8. The maximum atomic E-state index is 12.3. The topological polar surface area (TPSA) is 91.8 Å². The zero-order valence-corrected chi connectivity index (χ0v) is 21.7. The molecule has 0 amide bonds. The summed E-state index contributed by atoms with van der Waals surface area (Å²) >= 11 is 0. The summed E-state index contributed by atoms with van der Waals surface area (Å²) in [5, 5.41) is 6.76. The number of ether oxygens (including phenoxy) is 1. The van der Waals surface area contributed by atoms with E-state index in [1.807, 2.05) is 38.1 Å². The van der Waals surface area contributed by atoms with Gasteiger partial charge < -0.3 is 15.4 Å². The third-order valence-electron chi connectivity index (χ3n) is 5.43. The molecule has 1 aliphatic carbocycles. The predicted octanol–water partition coefficient (Wildman–Crippen LogP) is 3.00. The van der Waals surface area contributed by atoms with Crippen molar-refractivity contribution < 1.29 is 13.2 Å². The molecule has 0 aliphatic heterocycles. The van der Waals surface area contributed by atoms with Gasteiger partial charge in [0, 0.05) is 39.9 Å². The van der Waals surface area contributed by atoms with Crippen molar-refractivity contribution in [2.75, 3.05) is 27.3 Å². The van der Waals surface area contributed by atoms with Crippen LogP contribution in [0.4, 0.5) is 0 Å². The summed E-state index contributed by atoms with van der Waals surface area (Å²) in [6.45, 7) is 5.80. The van der Waals surface area contributed by atoms with Gasteiger partial charge in [-0.1, -0.05) is 30.7 Å². The van der Waals surface area contributed by atoms with Gasteiger partial charge in [-0.15, -0.1) is 24.0 Å². The molecule has 30 heavy (non-hydrogen) atoms. The lowest BCUT2D eigenvalue weighted by Crippen LogP contribution is -2.46. The first-order valence-electron chi connectivity index (χ1n) is 10.3. The van der Waals surface area contributed by atoms with Gasteiger partial charge in [0.15, 0.2) is 5.96 Å². The molecule has 1 aromatic rings. The molecule has 1 fully saturated rings. The number of sulfonamides is 1. The fourth-order valence-corrected chi connectivity index (χ4v) is 5.15. The number of hydrogen-bond donors (Lipinski definition) is 3. The lowest BCUT2D eigenvalue weighted by Gasteiger charge is -2.42. The number of aliphatic imine (C=N–C) groups is 1. The Morgan fingerprint density at radius 1 is 1.20 bits per heavy atom. The maximum absolute atomic E-state index is 12.3. The molecular weight excluding hydrogens is 515 g/mol. The molecule has 0 atom stereocenters. The van der Waals surface area contributed by atoms with Crippen LogP contribution in [0.25, 0.3) is 0 Å². The number of nitrogens with one attached hydrogen (secondary N) is 3. The van der Waals surface area contributed by atoms with Crippen LogP contribution in [-0.4, -0.2) is 47.7 Å². The summed E-state index contributed by atoms with van der Waals surface area (Å²) in [7, 11) is 0.125. The summed E-state index contributed by atoms with van der Waals surface area (Å²) in [6, 6.07) is 7.48. The smallest absolute Gasteiger partial charge is 0.216 e. The van der Waals surface area contributed by atoms with Crippen LogP contribution in [-0.2, 0) is 27.1 Å². The van der Waals surface area contributed by atoms with Crippen LogP contribution < -0.4 is 15.4 Å². The summed E-state index contributed by atoms with van der Waals surface area (Å²) in [4.78, 5) is 4.32. The summed E-state index contributed by atoms with van der Waals surface area (Å²) in [5.74, 6) is 0.696. The molecule has 172 valence electrons. The lowest BCUT2D eigenvalue weighted by molar-refractivity contribution is 0.0732. The highest BCUT2D eigenvalue weighted by atomic mass is 127. The minimum Gasteiger partial charge on any atom is -0.385 e. The molecule has 1 saturated carbocycles. The summed E-state index contributed by atoms with van der Waals surface area (Å²) in [6.07, 6.45) is 4.74. The maximum Gasteiger partial charge on any atom is 0.216 e. The van der Waals surface area contributed by atoms with E-state index in [1.54, 1.807) is 14.2 Å². The predicted molar refractivity (Wildman–Crippen MR) is 134 cm³/mol. The van der Waals surface area contributed by atoms with Crippen molar-refractivity contribution in [3.05, 3.63) is 35.4 Å². The fraction of sp³-hybridized carbons (Fsp3) is 0.667. The number of rotatable bonds is 11. The molecule has 2 rings (SSSR count). The van der Waals surface area contributed by atoms with E-state index in [9.17, 15) is 8.42 Å². The van der Waals surface area contributed by atoms with Gasteiger partial charge in [0.25, 0.3) is 0 Å². The largest absolute Gasteiger partial charge is 0.385 e. The van der Waals surface area contributed by atoms with Crippen LogP contribution in [0.2, 0.25) is 0 Å². The second-order valence-corrected chi connectivity index (χ2v) is 9.93. The van der Waals surface area contributed by atoms with Crippen molar-refractivity contribution in [1.29, 1.82) is 0 Å². The minimum absolute atomic E-state index is 0. The lowest BCUT2D eigenvalue weighted by atomic mass is 9.67. The highest BCUT2D eigenvalue weighted by molar-refractivity contribution is 14.0. The van der Waals surface area contributed by atoms with Crippen LogP contribution in [0, 0.1) is 5.41 Å². The Hall–Kier alpha value is -0.910. The minimum atomic E-state index is -3.37. The molecule has 0 saturated heterocycles. The number of hydrogen-bond acceptors (Lipinski definition) is 4. The number of guanidine groups is 1. The van der Waals surface area contributed by atoms with E-state index in [4.69, 9.17) is 4.74 Å². The standard InChI is InChI=1S/C21H36N4O3S.HI/c1-17(2)25-29(26,27)15-19-9-6-5-8-18(19)14-23-20(22-3)24-16-21(10-7-11-21)12-13-28-4;/h5-6,8-9,17,25H,7,10-16H2,1-4H3,(H2,22,23,24);1H. The van der Waals surface area contributed by atoms with Crippen LogP contribution in [0.5, 0.6) is 0 Å². The SMILES string of the molecule is CN=C(NCc1ccccc1CS(=O)(=O)NC(C)C)NCC1(CCOC)CCC1.I. The molecule has 1 aliphatic rings. The highest BCUT2D eigenvalue weighted by Crippen LogP contribution is 2.43. The third-order valence-corrected chi connectivity index (χ3v) is 6.95. The first kappa shape index (κ1) is 27.1. The van der Waals surface area contributed by atoms with Crippen LogP contribution >= 0.6 is 24.0 Å². The Morgan fingerprint density at radius 3 is 2.40 bits per heavy atom. The number of nitrogens with zero attached hydrogens (tertiary/aromatic N) is 1. The van der Waals surface area contributed by atoms with Crippen molar-refractivity contribution in [3.8, 4) is 0 Å². The van der Waals surface area contributed by atoms with Crippen molar-refractivity contribution in [2.24, 2.45) is 10.4 Å². The number of halogens is 1. The second kappa shape index (κ2) is 12.8. The van der Waals surface area contributed by atoms with Crippen LogP contribution in [0.15, 0.2) is 29.3 Å². The van der Waals surface area contributed by atoms with Crippen molar-refractivity contribution in [2.45, 2.75) is 57.9 Å². The number of benzene rings is 1. The fourth-order valence-electron chi connectivity index (χ4n) is 3.66. The first-order valence-corrected chi connectivity index (χ1v) is 11.9. The second-order valence-electron chi connectivity index (χ2n) is 8.18. The summed E-state index contributed by atoms with van der Waals surface area (Å²) < 4.78 is 32.5. The van der Waals surface area contributed by atoms with Gasteiger partial charge in [-0.2, -0.15) is 0 Å². The van der Waals surface area contributed by atoms with Gasteiger partial charge in [-0.25, -0.2) is 13.1 Å². The monoisotopic (exact) mass is 552 g/mol. The average molecular weight is 553 g/mol. The molecule has 3 N–H and O–H groups in total. The third kappa shape index (κ3) is 8.68. The Bertz CT molecular complexity index is 780. The van der Waals surface area contributed by atoms with E-state index >= 15 is 0 Å². The van der Waals surface area contributed by atoms with Gasteiger partial charge in [0.05, 0.1) is 5.75 Å². The molecule has 0 bridgehead atoms. The normalized spacial score (nSPS) is 16.0. The molecular formula is C21H37IN4O3S. The Balaban J connectivity index is 0.00000450. The zero-order valence-electron chi connectivity index (χ0n) is 18.5. The molecule has 1 aromatic carbocycles. The van der Waals surface area contributed by atoms with E-state index in [0.717, 1.165) is 36.7 Å². The molecule has 7 nitrogen and oxygen atoms in total. The zero-order chi connectivity index (χ0) is 21.3. The Morgan fingerprint density at radius 2 is 1.87 bits per heavy atom. The number of methoxy groups -OCH3 is 1. The Labute approximate surface area is 198 Å². The molecule has 0 heterocycles. The van der Waals surface area contributed by atoms with E-state index in [-0.39, 0.29) is 35.8 Å². The van der Waals surface area contributed by atoms with E-state index in [2.05, 4.69) is 20.3 Å². The van der Waals surface area contributed by atoms with E-state index < -0.39 is 10.0 Å². The molecule has 0 unspecified atom stereocenters. The molecule has 0 radical (unpaired) electrons. The quantitative estimate of drug-likeness (QED) is 0.223. The van der Waals surface area contributed by atoms with E-state index in [0.29, 0.717) is 12.0 Å². The highest BCUT2D eigenvalue weighted by Gasteiger charge is 2.36. The van der Waals surface area contributed by atoms with Gasteiger partial charge in [-0.3, -0.25) is 4.99 Å². The van der Waals surface area contributed by atoms with Crippen LogP contribution in [0.1, 0.15) is 50.7 Å².